The summed E-state index contributed by atoms with van der Waals surface area (Å²) in [7, 11) is 0. The molecule has 0 saturated carbocycles. The van der Waals surface area contributed by atoms with Gasteiger partial charge in [0, 0.05) is 61.4 Å². The Labute approximate surface area is 243 Å². The van der Waals surface area contributed by atoms with Crippen LogP contribution in [0.15, 0.2) is 70.3 Å². The molecule has 43 heavy (non-hydrogen) atoms. The lowest BCUT2D eigenvalue weighted by molar-refractivity contribution is 0.585. The average Bonchev–Trinajstić information content (AvgIpc) is 3.75. The van der Waals surface area contributed by atoms with Crippen LogP contribution in [0.25, 0.3) is 33.8 Å². The van der Waals surface area contributed by atoms with Crippen LogP contribution in [-0.2, 0) is 0 Å². The van der Waals surface area contributed by atoms with E-state index in [-0.39, 0.29) is 28.6 Å². The van der Waals surface area contributed by atoms with E-state index in [0.29, 0.717) is 28.8 Å². The van der Waals surface area contributed by atoms with Gasteiger partial charge in [-0.1, -0.05) is 0 Å². The number of nitrogens with zero attached hydrogens (tertiary/aromatic N) is 9. The van der Waals surface area contributed by atoms with E-state index in [1.807, 2.05) is 47.4 Å². The van der Waals surface area contributed by atoms with Gasteiger partial charge >= 0.3 is 0 Å². The number of halogens is 1. The molecular formula is C28H32FN11O3. The number of H-pyrrole nitrogens is 2. The summed E-state index contributed by atoms with van der Waals surface area (Å²) in [5, 5.41) is 0.0289. The van der Waals surface area contributed by atoms with Crippen molar-refractivity contribution >= 4 is 33.8 Å². The van der Waals surface area contributed by atoms with Crippen LogP contribution in [-0.4, -0.2) is 52.4 Å². The maximum Gasteiger partial charge on any atom is 0.280 e. The molecule has 224 valence electrons. The number of fused-ring (bicyclic) bond motifs is 5. The highest BCUT2D eigenvalue weighted by Gasteiger charge is 2.14. The lowest BCUT2D eigenvalue weighted by atomic mass is 10.4. The van der Waals surface area contributed by atoms with Crippen molar-refractivity contribution in [1.29, 1.82) is 0 Å². The van der Waals surface area contributed by atoms with E-state index >= 15 is 0 Å². The first-order valence-corrected chi connectivity index (χ1v) is 13.7. The topological polar surface area (TPSA) is 158 Å². The fraction of sp³-hybridized carbons (Fsp3) is 0.321. The van der Waals surface area contributed by atoms with Crippen molar-refractivity contribution in [2.24, 2.45) is 0 Å². The molecule has 0 unspecified atom stereocenters. The van der Waals surface area contributed by atoms with Crippen LogP contribution in [0.3, 0.4) is 0 Å². The molecule has 0 aliphatic rings. The van der Waals surface area contributed by atoms with Crippen LogP contribution in [0.1, 0.15) is 59.7 Å². The third-order valence-electron chi connectivity index (χ3n) is 6.78. The van der Waals surface area contributed by atoms with Crippen molar-refractivity contribution in [3.8, 4) is 0 Å². The van der Waals surface area contributed by atoms with Crippen LogP contribution in [0.2, 0.25) is 0 Å². The predicted octanol–water partition coefficient (Wildman–Crippen LogP) is 3.47. The molecule has 0 radical (unpaired) electrons. The average molecular weight is 590 g/mol. The van der Waals surface area contributed by atoms with E-state index < -0.39 is 11.4 Å². The maximum absolute atomic E-state index is 13.3. The predicted molar refractivity (Wildman–Crippen MR) is 160 cm³/mol. The Hall–Kier alpha value is -5.34. The van der Waals surface area contributed by atoms with Crippen LogP contribution in [0.5, 0.6) is 0 Å². The standard InChI is InChI=1S/C10H11N5O.C9H10FN3O.C9H11N3O/c1-6(2)15-5-12-7-8(16)13-10-11-3-4-14(10)9(7)15;1-5(2)13-3-6(10)7-8(13)11-4-12-9(7)14;1-7(2)11-5-3-8(13)12-6-4-10-9(11)12/h3-6H,1-2H3,(H,11,13,16);3-5H,1-2H3,(H,11,12,14);3-7H,1-2H3. The van der Waals surface area contributed by atoms with Crippen LogP contribution < -0.4 is 16.7 Å². The number of nitrogens with one attached hydrogen (secondary N) is 2. The second-order valence-corrected chi connectivity index (χ2v) is 10.7. The highest BCUT2D eigenvalue weighted by atomic mass is 19.1. The Morgan fingerprint density at radius 3 is 2.14 bits per heavy atom. The smallest absolute Gasteiger partial charge is 0.280 e. The zero-order valence-corrected chi connectivity index (χ0v) is 24.6. The molecule has 0 atom stereocenters. The Morgan fingerprint density at radius 1 is 0.767 bits per heavy atom. The summed E-state index contributed by atoms with van der Waals surface area (Å²) in [6.07, 6.45) is 12.8. The first-order chi connectivity index (χ1) is 20.5. The molecule has 14 nitrogen and oxygen atoms in total. The molecule has 7 aromatic rings. The van der Waals surface area contributed by atoms with Gasteiger partial charge in [-0.25, -0.2) is 24.3 Å². The monoisotopic (exact) mass is 589 g/mol. The molecule has 2 N–H and O–H groups in total. The van der Waals surface area contributed by atoms with Crippen LogP contribution >= 0.6 is 0 Å². The van der Waals surface area contributed by atoms with Gasteiger partial charge in [0.05, 0.1) is 12.7 Å². The Bertz CT molecular complexity index is 2220. The number of hydrogen-bond acceptors (Lipinski definition) is 7. The Kier molecular flexibility index (Phi) is 7.80. The second kappa shape index (κ2) is 11.5. The molecule has 0 aromatic carbocycles. The largest absolute Gasteiger partial charge is 0.327 e. The first kappa shape index (κ1) is 29.2. The molecule has 0 saturated heterocycles. The van der Waals surface area contributed by atoms with Gasteiger partial charge < -0.3 is 18.7 Å². The van der Waals surface area contributed by atoms with E-state index in [4.69, 9.17) is 0 Å². The molecule has 0 spiro atoms. The lowest BCUT2D eigenvalue weighted by Gasteiger charge is -2.10. The van der Waals surface area contributed by atoms with Gasteiger partial charge in [-0.15, -0.1) is 0 Å². The normalized spacial score (nSPS) is 11.6. The van der Waals surface area contributed by atoms with Gasteiger partial charge in [-0.05, 0) is 41.5 Å². The summed E-state index contributed by atoms with van der Waals surface area (Å²) < 4.78 is 22.3. The third-order valence-corrected chi connectivity index (χ3v) is 6.78. The summed E-state index contributed by atoms with van der Waals surface area (Å²) >= 11 is 0. The Morgan fingerprint density at radius 2 is 1.44 bits per heavy atom. The first-order valence-electron chi connectivity index (χ1n) is 13.7. The van der Waals surface area contributed by atoms with Crippen molar-refractivity contribution in [3.63, 3.8) is 0 Å². The minimum absolute atomic E-state index is 0.0289. The highest BCUT2D eigenvalue weighted by molar-refractivity contribution is 5.75. The lowest BCUT2D eigenvalue weighted by Crippen LogP contribution is -2.16. The van der Waals surface area contributed by atoms with Gasteiger partial charge in [0.15, 0.2) is 22.6 Å². The number of aromatic amines is 2. The molecule has 7 aromatic heterocycles. The minimum Gasteiger partial charge on any atom is -0.327 e. The molecular weight excluding hydrogens is 557 g/mol. The molecule has 0 amide bonds. The van der Waals surface area contributed by atoms with Crippen LogP contribution in [0.4, 0.5) is 4.39 Å². The van der Waals surface area contributed by atoms with Crippen molar-refractivity contribution in [1.82, 2.24) is 52.4 Å². The zero-order valence-electron chi connectivity index (χ0n) is 24.6. The fourth-order valence-electron chi connectivity index (χ4n) is 4.65. The van der Waals surface area contributed by atoms with Gasteiger partial charge in [-0.3, -0.25) is 28.2 Å². The van der Waals surface area contributed by atoms with Crippen LogP contribution in [0, 0.1) is 5.82 Å². The quantitative estimate of drug-likeness (QED) is 0.319. The summed E-state index contributed by atoms with van der Waals surface area (Å²) in [6, 6.07) is 2.19. The third kappa shape index (κ3) is 5.36. The number of rotatable bonds is 3. The molecule has 0 bridgehead atoms. The van der Waals surface area contributed by atoms with E-state index in [9.17, 15) is 18.8 Å². The molecule has 0 aliphatic heterocycles. The summed E-state index contributed by atoms with van der Waals surface area (Å²) in [5.74, 6) is 0.713. The van der Waals surface area contributed by atoms with E-state index in [1.165, 1.54) is 12.5 Å². The van der Waals surface area contributed by atoms with Crippen molar-refractivity contribution < 1.29 is 4.39 Å². The molecule has 15 heteroatoms. The fourth-order valence-corrected chi connectivity index (χ4v) is 4.65. The van der Waals surface area contributed by atoms with E-state index in [2.05, 4.69) is 43.8 Å². The number of hydrogen-bond donors (Lipinski definition) is 2. The van der Waals surface area contributed by atoms with Crippen molar-refractivity contribution in [2.75, 3.05) is 0 Å². The molecule has 0 fully saturated rings. The van der Waals surface area contributed by atoms with Gasteiger partial charge in [0.2, 0.25) is 11.6 Å². The molecule has 7 rings (SSSR count). The van der Waals surface area contributed by atoms with E-state index in [0.717, 1.165) is 5.65 Å². The molecule has 0 aliphatic carbocycles. The summed E-state index contributed by atoms with van der Waals surface area (Å²) in [4.78, 5) is 55.7. The van der Waals surface area contributed by atoms with Gasteiger partial charge in [0.25, 0.3) is 16.7 Å². The summed E-state index contributed by atoms with van der Waals surface area (Å²) in [6.45, 7) is 12.0. The summed E-state index contributed by atoms with van der Waals surface area (Å²) in [5.41, 5.74) is 0.941. The number of imidazole rings is 3. The maximum atomic E-state index is 13.3. The Balaban J connectivity index is 0.000000129. The number of aromatic nitrogens is 11. The zero-order chi connectivity index (χ0) is 31.0. The van der Waals surface area contributed by atoms with Gasteiger partial charge in [0.1, 0.15) is 5.39 Å². The van der Waals surface area contributed by atoms with Crippen molar-refractivity contribution in [3.05, 3.63) is 92.8 Å². The van der Waals surface area contributed by atoms with Gasteiger partial charge in [-0.2, -0.15) is 0 Å². The SMILES string of the molecule is CC(C)n1cc(F)c2c(=O)[nH]cnc21.CC(C)n1ccc(=O)n2ccnc12.CC(C)n1cnc2c(=O)[nH]c3nccn3c21. The van der Waals surface area contributed by atoms with E-state index in [1.54, 1.807) is 46.1 Å². The molecule has 7 heterocycles. The second-order valence-electron chi connectivity index (χ2n) is 10.7. The minimum atomic E-state index is -0.525. The van der Waals surface area contributed by atoms with Crippen molar-refractivity contribution in [2.45, 2.75) is 59.7 Å². The highest BCUT2D eigenvalue weighted by Crippen LogP contribution is 2.18.